The monoisotopic (exact) mass is 309 g/mol. The molecule has 116 valence electrons. The first-order valence-corrected chi connectivity index (χ1v) is 7.16. The van der Waals surface area contributed by atoms with Crippen LogP contribution in [0.2, 0.25) is 0 Å². The van der Waals surface area contributed by atoms with Crippen LogP contribution in [0.25, 0.3) is 0 Å². The van der Waals surface area contributed by atoms with Gasteiger partial charge in [-0.2, -0.15) is 0 Å². The topological polar surface area (TPSA) is 76.4 Å². The van der Waals surface area contributed by atoms with Gasteiger partial charge in [-0.15, -0.1) is 0 Å². The van der Waals surface area contributed by atoms with Gasteiger partial charge in [0.2, 0.25) is 5.91 Å². The van der Waals surface area contributed by atoms with Gasteiger partial charge < -0.3 is 21.1 Å². The zero-order valence-electron chi connectivity index (χ0n) is 12.9. The van der Waals surface area contributed by atoms with E-state index in [0.29, 0.717) is 23.7 Å². The van der Waals surface area contributed by atoms with Crippen LogP contribution in [0.1, 0.15) is 32.8 Å². The minimum atomic E-state index is -0.225. The molecule has 0 aliphatic heterocycles. The second-order valence-electron chi connectivity index (χ2n) is 5.75. The zero-order valence-corrected chi connectivity index (χ0v) is 13.8. The maximum absolute atomic E-state index is 11.8. The number of ether oxygens (including phenoxy) is 1. The molecule has 6 heteroatoms. The third-order valence-electron chi connectivity index (χ3n) is 2.67. The first-order chi connectivity index (χ1) is 9.73. The van der Waals surface area contributed by atoms with Gasteiger partial charge in [-0.3, -0.25) is 4.79 Å². The lowest BCUT2D eigenvalue weighted by Crippen LogP contribution is -2.41. The number of methoxy groups -OCH3 is 1. The summed E-state index contributed by atoms with van der Waals surface area (Å²) in [7, 11) is 1.59. The van der Waals surface area contributed by atoms with E-state index < -0.39 is 0 Å². The van der Waals surface area contributed by atoms with E-state index in [0.717, 1.165) is 11.3 Å². The van der Waals surface area contributed by atoms with E-state index in [1.165, 1.54) is 0 Å². The van der Waals surface area contributed by atoms with Crippen molar-refractivity contribution in [3.05, 3.63) is 23.8 Å². The van der Waals surface area contributed by atoms with E-state index in [2.05, 4.69) is 10.6 Å². The number of nitrogens with one attached hydrogen (secondary N) is 2. The average Bonchev–Trinajstić information content (AvgIpc) is 2.36. The summed E-state index contributed by atoms with van der Waals surface area (Å²) < 4.78 is 5.18. The number of nitrogens with two attached hydrogens (primary N) is 1. The van der Waals surface area contributed by atoms with Crippen LogP contribution in [0.3, 0.4) is 0 Å². The fourth-order valence-electron chi connectivity index (χ4n) is 1.80. The average molecular weight is 309 g/mol. The number of thiocarbonyl (C=S) groups is 1. The number of carbonyl (C=O) groups excluding carboxylic acids is 1. The van der Waals surface area contributed by atoms with Crippen molar-refractivity contribution < 1.29 is 9.53 Å². The molecule has 0 aromatic heterocycles. The smallest absolute Gasteiger partial charge is 0.222 e. The van der Waals surface area contributed by atoms with Gasteiger partial charge in [-0.1, -0.05) is 12.2 Å². The number of benzene rings is 1. The molecule has 0 unspecified atom stereocenters. The van der Waals surface area contributed by atoms with Crippen LogP contribution in [-0.2, 0) is 4.79 Å². The van der Waals surface area contributed by atoms with Crippen molar-refractivity contribution in [3.8, 4) is 5.75 Å². The summed E-state index contributed by atoms with van der Waals surface area (Å²) in [6.45, 7) is 6.34. The highest BCUT2D eigenvalue weighted by Crippen LogP contribution is 2.22. The lowest BCUT2D eigenvalue weighted by atomic mass is 10.1. The van der Waals surface area contributed by atoms with Crippen molar-refractivity contribution in [1.82, 2.24) is 5.32 Å². The Morgan fingerprint density at radius 2 is 2.05 bits per heavy atom. The summed E-state index contributed by atoms with van der Waals surface area (Å²) in [4.78, 5) is 12.1. The predicted octanol–water partition coefficient (Wildman–Crippen LogP) is 2.05. The molecule has 0 fully saturated rings. The molecule has 0 bridgehead atoms. The third-order valence-corrected chi connectivity index (χ3v) is 2.89. The fraction of sp³-hybridized carbons (Fsp3) is 0.467. The molecule has 4 N–H and O–H groups in total. The first-order valence-electron chi connectivity index (χ1n) is 6.75. The van der Waals surface area contributed by atoms with Crippen molar-refractivity contribution in [2.45, 2.75) is 32.7 Å². The van der Waals surface area contributed by atoms with Gasteiger partial charge in [-0.05, 0) is 32.9 Å². The fourth-order valence-corrected chi connectivity index (χ4v) is 1.98. The number of carbonyl (C=O) groups is 1. The van der Waals surface area contributed by atoms with E-state index in [1.54, 1.807) is 19.2 Å². The SMILES string of the molecule is COc1ccc(C(N)=S)c(NCCC(=O)NC(C)(C)C)c1. The van der Waals surface area contributed by atoms with Gasteiger partial charge >= 0.3 is 0 Å². The molecule has 5 nitrogen and oxygen atoms in total. The summed E-state index contributed by atoms with van der Waals surface area (Å²) >= 11 is 5.02. The van der Waals surface area contributed by atoms with Gasteiger partial charge in [-0.25, -0.2) is 0 Å². The normalized spacial score (nSPS) is 10.9. The Bertz CT molecular complexity index is 524. The van der Waals surface area contributed by atoms with E-state index in [-0.39, 0.29) is 11.4 Å². The minimum absolute atomic E-state index is 0.00484. The Morgan fingerprint density at radius 1 is 1.38 bits per heavy atom. The molecule has 0 atom stereocenters. The van der Waals surface area contributed by atoms with Gasteiger partial charge in [0.1, 0.15) is 10.7 Å². The number of anilines is 1. The summed E-state index contributed by atoms with van der Waals surface area (Å²) in [5.74, 6) is 0.700. The molecule has 1 amide bonds. The Labute approximate surface area is 131 Å². The summed E-state index contributed by atoms with van der Waals surface area (Å²) in [5.41, 5.74) is 6.97. The molecule has 1 aromatic carbocycles. The first kappa shape index (κ1) is 17.2. The Hall–Kier alpha value is -1.82. The molecular weight excluding hydrogens is 286 g/mol. The molecule has 0 heterocycles. The minimum Gasteiger partial charge on any atom is -0.497 e. The quantitative estimate of drug-likeness (QED) is 0.701. The number of amides is 1. The van der Waals surface area contributed by atoms with Crippen molar-refractivity contribution >= 4 is 28.8 Å². The Kier molecular flexibility index (Phi) is 5.96. The van der Waals surface area contributed by atoms with Crippen LogP contribution >= 0.6 is 12.2 Å². The van der Waals surface area contributed by atoms with E-state index >= 15 is 0 Å². The van der Waals surface area contributed by atoms with Gasteiger partial charge in [0, 0.05) is 35.8 Å². The molecule has 0 aliphatic carbocycles. The molecule has 1 rings (SSSR count). The van der Waals surface area contributed by atoms with Crippen molar-refractivity contribution in [1.29, 1.82) is 0 Å². The summed E-state index contributed by atoms with van der Waals surface area (Å²) in [5, 5.41) is 6.09. The van der Waals surface area contributed by atoms with Crippen molar-refractivity contribution in [2.24, 2.45) is 5.73 Å². The Balaban J connectivity index is 2.66. The van der Waals surface area contributed by atoms with E-state index in [1.807, 2.05) is 26.8 Å². The van der Waals surface area contributed by atoms with E-state index in [4.69, 9.17) is 22.7 Å². The maximum atomic E-state index is 11.8. The van der Waals surface area contributed by atoms with Gasteiger partial charge in [0.15, 0.2) is 0 Å². The molecule has 1 aromatic rings. The van der Waals surface area contributed by atoms with Gasteiger partial charge in [0.05, 0.1) is 7.11 Å². The standard InChI is InChI=1S/C15H23N3O2S/c1-15(2,3)18-13(19)7-8-17-12-9-10(20-4)5-6-11(12)14(16)21/h5-6,9,17H,7-8H2,1-4H3,(H2,16,21)(H,18,19). The molecule has 21 heavy (non-hydrogen) atoms. The van der Waals surface area contributed by atoms with Crippen molar-refractivity contribution in [3.63, 3.8) is 0 Å². The molecule has 0 aliphatic rings. The lowest BCUT2D eigenvalue weighted by molar-refractivity contribution is -0.122. The maximum Gasteiger partial charge on any atom is 0.222 e. The molecule has 0 saturated heterocycles. The highest BCUT2D eigenvalue weighted by Gasteiger charge is 2.13. The third kappa shape index (κ3) is 5.99. The second kappa shape index (κ2) is 7.26. The highest BCUT2D eigenvalue weighted by molar-refractivity contribution is 7.80. The number of rotatable bonds is 6. The second-order valence-corrected chi connectivity index (χ2v) is 6.19. The number of hydrogen-bond donors (Lipinski definition) is 3. The molecular formula is C15H23N3O2S. The van der Waals surface area contributed by atoms with E-state index in [9.17, 15) is 4.79 Å². The van der Waals surface area contributed by atoms with Crippen LogP contribution in [0.5, 0.6) is 5.75 Å². The van der Waals surface area contributed by atoms with Crippen LogP contribution in [0, 0.1) is 0 Å². The van der Waals surface area contributed by atoms with Crippen LogP contribution < -0.4 is 21.1 Å². The van der Waals surface area contributed by atoms with Crippen molar-refractivity contribution in [2.75, 3.05) is 19.0 Å². The highest BCUT2D eigenvalue weighted by atomic mass is 32.1. The molecule has 0 saturated carbocycles. The summed E-state index contributed by atoms with van der Waals surface area (Å²) in [6.07, 6.45) is 0.366. The van der Waals surface area contributed by atoms with Crippen LogP contribution in [-0.4, -0.2) is 30.1 Å². The van der Waals surface area contributed by atoms with Gasteiger partial charge in [0.25, 0.3) is 0 Å². The predicted molar refractivity (Wildman–Crippen MR) is 89.9 cm³/mol. The molecule has 0 radical (unpaired) electrons. The lowest BCUT2D eigenvalue weighted by Gasteiger charge is -2.20. The van der Waals surface area contributed by atoms with Crippen LogP contribution in [0.15, 0.2) is 18.2 Å². The molecule has 0 spiro atoms. The largest absolute Gasteiger partial charge is 0.497 e. The zero-order chi connectivity index (χ0) is 16.0. The van der Waals surface area contributed by atoms with Crippen LogP contribution in [0.4, 0.5) is 5.69 Å². The number of hydrogen-bond acceptors (Lipinski definition) is 4. The summed E-state index contributed by atoms with van der Waals surface area (Å²) in [6, 6.07) is 5.42. The Morgan fingerprint density at radius 3 is 2.57 bits per heavy atom.